The Morgan fingerprint density at radius 1 is 0.950 bits per heavy atom. The maximum Gasteiger partial charge on any atom is 0.178 e. The molecule has 2 aromatic heterocycles. The van der Waals surface area contributed by atoms with Gasteiger partial charge in [0.05, 0.1) is 11.1 Å². The maximum atomic E-state index is 10.2. The van der Waals surface area contributed by atoms with Crippen molar-refractivity contribution >= 4 is 21.9 Å². The molecule has 0 amide bonds. The molecule has 4 heteroatoms. The number of phenols is 1. The topological polar surface area (TPSA) is 61.8 Å². The molecule has 0 aliphatic rings. The van der Waals surface area contributed by atoms with E-state index in [1.807, 2.05) is 42.5 Å². The number of nitrogens with one attached hydrogen (secondary N) is 1. The molecule has 2 heterocycles. The zero-order chi connectivity index (χ0) is 13.5. The summed E-state index contributed by atoms with van der Waals surface area (Å²) in [5.41, 5.74) is 2.19. The molecule has 0 spiro atoms. The van der Waals surface area contributed by atoms with E-state index in [9.17, 15) is 5.11 Å². The van der Waals surface area contributed by atoms with Crippen molar-refractivity contribution in [3.8, 4) is 17.1 Å². The van der Waals surface area contributed by atoms with Gasteiger partial charge in [0.25, 0.3) is 0 Å². The molecule has 96 valence electrons. The Morgan fingerprint density at radius 3 is 2.55 bits per heavy atom. The van der Waals surface area contributed by atoms with Crippen molar-refractivity contribution in [3.63, 3.8) is 0 Å². The number of fused-ring (bicyclic) bond motifs is 2. The van der Waals surface area contributed by atoms with Crippen molar-refractivity contribution in [1.82, 2.24) is 15.0 Å². The predicted molar refractivity (Wildman–Crippen MR) is 78.5 cm³/mol. The third-order valence-electron chi connectivity index (χ3n) is 3.38. The summed E-state index contributed by atoms with van der Waals surface area (Å²) in [6, 6.07) is 15.4. The van der Waals surface area contributed by atoms with Crippen LogP contribution in [0.1, 0.15) is 0 Å². The van der Waals surface area contributed by atoms with Crippen molar-refractivity contribution in [2.45, 2.75) is 0 Å². The highest BCUT2D eigenvalue weighted by Gasteiger charge is 2.11. The normalized spacial score (nSPS) is 11.2. The van der Waals surface area contributed by atoms with Crippen LogP contribution in [0.5, 0.6) is 5.75 Å². The lowest BCUT2D eigenvalue weighted by molar-refractivity contribution is 0.478. The van der Waals surface area contributed by atoms with Crippen molar-refractivity contribution < 1.29 is 5.11 Å². The summed E-state index contributed by atoms with van der Waals surface area (Å²) in [4.78, 5) is 11.8. The number of pyridine rings is 1. The lowest BCUT2D eigenvalue weighted by Gasteiger charge is -2.04. The fraction of sp³-hybridized carbons (Fsp3) is 0. The quantitative estimate of drug-likeness (QED) is 0.551. The van der Waals surface area contributed by atoms with E-state index < -0.39 is 0 Å². The van der Waals surface area contributed by atoms with Gasteiger partial charge in [0.1, 0.15) is 11.6 Å². The highest BCUT2D eigenvalue weighted by Crippen LogP contribution is 2.32. The molecule has 0 atom stereocenters. The Bertz CT molecular complexity index is 894. The van der Waals surface area contributed by atoms with E-state index in [-0.39, 0.29) is 5.75 Å². The second kappa shape index (κ2) is 4.06. The minimum absolute atomic E-state index is 0.211. The first-order chi connectivity index (χ1) is 9.81. The van der Waals surface area contributed by atoms with Crippen LogP contribution in [-0.4, -0.2) is 20.1 Å². The number of aromatic nitrogens is 3. The number of hydrogen-bond donors (Lipinski definition) is 2. The molecular weight excluding hydrogens is 250 g/mol. The summed E-state index contributed by atoms with van der Waals surface area (Å²) >= 11 is 0. The van der Waals surface area contributed by atoms with Gasteiger partial charge in [-0.25, -0.2) is 9.97 Å². The number of aromatic hydroxyl groups is 1. The molecule has 0 saturated carbocycles. The number of aromatic amines is 1. The zero-order valence-electron chi connectivity index (χ0n) is 10.5. The molecule has 20 heavy (non-hydrogen) atoms. The predicted octanol–water partition coefficient (Wildman–Crippen LogP) is 3.48. The first-order valence-corrected chi connectivity index (χ1v) is 6.34. The molecule has 0 fully saturated rings. The van der Waals surface area contributed by atoms with Gasteiger partial charge in [0.2, 0.25) is 0 Å². The van der Waals surface area contributed by atoms with Crippen LogP contribution in [0.3, 0.4) is 0 Å². The van der Waals surface area contributed by atoms with Gasteiger partial charge in [0.15, 0.2) is 5.65 Å². The average molecular weight is 261 g/mol. The van der Waals surface area contributed by atoms with Gasteiger partial charge in [-0.2, -0.15) is 0 Å². The monoisotopic (exact) mass is 261 g/mol. The first-order valence-electron chi connectivity index (χ1n) is 6.34. The van der Waals surface area contributed by atoms with Crippen LogP contribution in [0.2, 0.25) is 0 Å². The smallest absolute Gasteiger partial charge is 0.178 e. The summed E-state index contributed by atoms with van der Waals surface area (Å²) in [7, 11) is 0. The van der Waals surface area contributed by atoms with Gasteiger partial charge >= 0.3 is 0 Å². The van der Waals surface area contributed by atoms with Crippen LogP contribution in [0, 0.1) is 0 Å². The van der Waals surface area contributed by atoms with Gasteiger partial charge in [0, 0.05) is 6.20 Å². The molecule has 0 aliphatic carbocycles. The highest BCUT2D eigenvalue weighted by atomic mass is 16.3. The lowest BCUT2D eigenvalue weighted by atomic mass is 10.1. The number of phenolic OH excluding ortho intramolecular Hbond substituents is 1. The maximum absolute atomic E-state index is 10.2. The Balaban J connectivity index is 1.98. The second-order valence-electron chi connectivity index (χ2n) is 4.68. The number of nitrogens with zero attached hydrogens (tertiary/aromatic N) is 2. The summed E-state index contributed by atoms with van der Waals surface area (Å²) in [5.74, 6) is 0.838. The zero-order valence-corrected chi connectivity index (χ0v) is 10.5. The molecular formula is C16H11N3O. The molecule has 4 aromatic rings. The van der Waals surface area contributed by atoms with E-state index in [1.165, 1.54) is 0 Å². The molecule has 0 unspecified atom stereocenters. The van der Waals surface area contributed by atoms with Crippen molar-refractivity contribution in [2.24, 2.45) is 0 Å². The second-order valence-corrected chi connectivity index (χ2v) is 4.68. The summed E-state index contributed by atoms with van der Waals surface area (Å²) in [6.45, 7) is 0. The van der Waals surface area contributed by atoms with Gasteiger partial charge in [-0.1, -0.05) is 24.3 Å². The van der Waals surface area contributed by atoms with Crippen LogP contribution in [0.15, 0.2) is 54.7 Å². The van der Waals surface area contributed by atoms with Crippen molar-refractivity contribution in [3.05, 3.63) is 54.7 Å². The molecule has 0 bridgehead atoms. The standard InChI is InChI=1S/C16H11N3O/c20-14-9-11-5-2-1-4-10(11)8-12(14)15-18-13-6-3-7-17-16(13)19-15/h1-9,20H,(H,17,18,19). The number of H-pyrrole nitrogens is 1. The fourth-order valence-electron chi connectivity index (χ4n) is 2.39. The Kier molecular flexibility index (Phi) is 2.23. The van der Waals surface area contributed by atoms with E-state index in [0.29, 0.717) is 17.0 Å². The summed E-state index contributed by atoms with van der Waals surface area (Å²) in [5, 5.41) is 12.3. The van der Waals surface area contributed by atoms with Crippen LogP contribution in [-0.2, 0) is 0 Å². The number of rotatable bonds is 1. The Labute approximate surface area is 114 Å². The fourth-order valence-corrected chi connectivity index (χ4v) is 2.39. The van der Waals surface area contributed by atoms with Crippen molar-refractivity contribution in [2.75, 3.05) is 0 Å². The average Bonchev–Trinajstić information content (AvgIpc) is 2.90. The van der Waals surface area contributed by atoms with Crippen LogP contribution >= 0.6 is 0 Å². The van der Waals surface area contributed by atoms with Crippen LogP contribution in [0.25, 0.3) is 33.3 Å². The van der Waals surface area contributed by atoms with Crippen LogP contribution in [0.4, 0.5) is 0 Å². The lowest BCUT2D eigenvalue weighted by Crippen LogP contribution is -1.83. The number of hydrogen-bond acceptors (Lipinski definition) is 3. The van der Waals surface area contributed by atoms with Crippen molar-refractivity contribution in [1.29, 1.82) is 0 Å². The van der Waals surface area contributed by atoms with E-state index in [4.69, 9.17) is 0 Å². The Hall–Kier alpha value is -2.88. The van der Waals surface area contributed by atoms with Gasteiger partial charge < -0.3 is 10.1 Å². The largest absolute Gasteiger partial charge is 0.507 e. The van der Waals surface area contributed by atoms with E-state index >= 15 is 0 Å². The molecule has 2 N–H and O–H groups in total. The van der Waals surface area contributed by atoms with E-state index in [2.05, 4.69) is 15.0 Å². The SMILES string of the molecule is Oc1cc2ccccc2cc1-c1nc2ncccc2[nH]1. The van der Waals surface area contributed by atoms with Crippen LogP contribution < -0.4 is 0 Å². The Morgan fingerprint density at radius 2 is 1.75 bits per heavy atom. The van der Waals surface area contributed by atoms with E-state index in [1.54, 1.807) is 12.3 Å². The minimum atomic E-state index is 0.211. The summed E-state index contributed by atoms with van der Waals surface area (Å²) < 4.78 is 0. The molecule has 4 nitrogen and oxygen atoms in total. The molecule has 0 saturated heterocycles. The molecule has 4 rings (SSSR count). The van der Waals surface area contributed by atoms with E-state index in [0.717, 1.165) is 16.3 Å². The molecule has 2 aromatic carbocycles. The number of benzene rings is 2. The highest BCUT2D eigenvalue weighted by molar-refractivity contribution is 5.90. The van der Waals surface area contributed by atoms with Gasteiger partial charge in [-0.05, 0) is 35.0 Å². The summed E-state index contributed by atoms with van der Waals surface area (Å²) in [6.07, 6.45) is 1.70. The molecule has 0 radical (unpaired) electrons. The third-order valence-corrected chi connectivity index (χ3v) is 3.38. The van der Waals surface area contributed by atoms with Gasteiger partial charge in [-0.15, -0.1) is 0 Å². The first kappa shape index (κ1) is 11.0. The number of imidazole rings is 1. The van der Waals surface area contributed by atoms with Gasteiger partial charge in [-0.3, -0.25) is 0 Å². The minimum Gasteiger partial charge on any atom is -0.507 e. The third kappa shape index (κ3) is 1.62. The molecule has 0 aliphatic heterocycles.